The quantitative estimate of drug-likeness (QED) is 0.549. The molecular formula is C23H24ClN5O. The summed E-state index contributed by atoms with van der Waals surface area (Å²) in [5.41, 5.74) is 6.69. The second-order valence-electron chi connectivity index (χ2n) is 8.22. The van der Waals surface area contributed by atoms with Gasteiger partial charge in [-0.2, -0.15) is 4.98 Å². The van der Waals surface area contributed by atoms with Crippen LogP contribution in [0.5, 0.6) is 0 Å². The third kappa shape index (κ3) is 3.74. The lowest BCUT2D eigenvalue weighted by Gasteiger charge is -2.19. The third-order valence-electron chi connectivity index (χ3n) is 5.70. The van der Waals surface area contributed by atoms with E-state index >= 15 is 0 Å². The number of nitrogens with zero attached hydrogens (tertiary/aromatic N) is 2. The second-order valence-corrected chi connectivity index (χ2v) is 8.63. The van der Waals surface area contributed by atoms with Crippen LogP contribution < -0.4 is 16.0 Å². The summed E-state index contributed by atoms with van der Waals surface area (Å²) < 4.78 is 5.87. The summed E-state index contributed by atoms with van der Waals surface area (Å²) in [7, 11) is 0. The van der Waals surface area contributed by atoms with Gasteiger partial charge in [0, 0.05) is 17.9 Å². The van der Waals surface area contributed by atoms with Gasteiger partial charge in [0.25, 0.3) is 0 Å². The highest BCUT2D eigenvalue weighted by Gasteiger charge is 2.30. The number of ether oxygens (including phenoxy) is 1. The molecule has 0 amide bonds. The van der Waals surface area contributed by atoms with Gasteiger partial charge < -0.3 is 20.7 Å². The lowest BCUT2D eigenvalue weighted by molar-refractivity contribution is -0.00787. The van der Waals surface area contributed by atoms with Crippen molar-refractivity contribution in [1.29, 1.82) is 0 Å². The average Bonchev–Trinajstić information content (AvgIpc) is 3.05. The number of rotatable bonds is 4. The van der Waals surface area contributed by atoms with Crippen molar-refractivity contribution in [1.82, 2.24) is 15.3 Å². The molecule has 0 fully saturated rings. The number of aromatic nitrogens is 2. The molecule has 0 radical (unpaired) electrons. The van der Waals surface area contributed by atoms with Crippen LogP contribution in [0.2, 0.25) is 5.02 Å². The first-order valence-corrected chi connectivity index (χ1v) is 10.5. The lowest BCUT2D eigenvalue weighted by atomic mass is 9.96. The number of fused-ring (bicyclic) bond motifs is 2. The van der Waals surface area contributed by atoms with Gasteiger partial charge in [0.2, 0.25) is 5.95 Å². The van der Waals surface area contributed by atoms with E-state index < -0.39 is 0 Å². The molecule has 3 N–H and O–H groups in total. The fourth-order valence-electron chi connectivity index (χ4n) is 4.01. The minimum atomic E-state index is -0.294. The van der Waals surface area contributed by atoms with Crippen molar-refractivity contribution >= 4 is 34.7 Å². The monoisotopic (exact) mass is 421 g/mol. The summed E-state index contributed by atoms with van der Waals surface area (Å²) in [6.07, 6.45) is 2.64. The lowest BCUT2D eigenvalue weighted by Crippen LogP contribution is -2.23. The zero-order valence-electron chi connectivity index (χ0n) is 17.1. The maximum Gasteiger partial charge on any atom is 0.229 e. The molecular weight excluding hydrogens is 398 g/mol. The Morgan fingerprint density at radius 1 is 1.03 bits per heavy atom. The molecule has 30 heavy (non-hydrogen) atoms. The summed E-state index contributed by atoms with van der Waals surface area (Å²) >= 11 is 6.37. The first-order chi connectivity index (χ1) is 14.5. The minimum Gasteiger partial charge on any atom is -0.366 e. The molecule has 2 aromatic carbocycles. The van der Waals surface area contributed by atoms with Crippen molar-refractivity contribution < 1.29 is 4.74 Å². The zero-order chi connectivity index (χ0) is 20.7. The standard InChI is InChI=1S/C23H24ClN5O/c1-23(2)19-10-18(6-4-16(19)13-30-23)27-21-20(24)12-26-22(29-21)28-17-5-3-15-11-25-8-7-14(15)9-17/h3-6,9-10,12,25H,7-8,11,13H2,1-2H3,(H2,26,27,28,29). The van der Waals surface area contributed by atoms with Crippen LogP contribution in [-0.4, -0.2) is 16.5 Å². The summed E-state index contributed by atoms with van der Waals surface area (Å²) in [5, 5.41) is 10.5. The molecule has 5 rings (SSSR count). The average molecular weight is 422 g/mol. The molecule has 7 heteroatoms. The van der Waals surface area contributed by atoms with Crippen molar-refractivity contribution in [2.45, 2.75) is 39.0 Å². The van der Waals surface area contributed by atoms with E-state index in [1.54, 1.807) is 6.20 Å². The molecule has 2 aliphatic heterocycles. The van der Waals surface area contributed by atoms with Crippen LogP contribution in [0.15, 0.2) is 42.6 Å². The topological polar surface area (TPSA) is 71.1 Å². The molecule has 6 nitrogen and oxygen atoms in total. The van der Waals surface area contributed by atoms with E-state index in [9.17, 15) is 0 Å². The first kappa shape index (κ1) is 19.3. The number of nitrogens with one attached hydrogen (secondary N) is 3. The van der Waals surface area contributed by atoms with Crippen LogP contribution >= 0.6 is 11.6 Å². The second kappa shape index (κ2) is 7.54. The van der Waals surface area contributed by atoms with Crippen LogP contribution in [0, 0.1) is 0 Å². The molecule has 3 aromatic rings. The normalized spacial score (nSPS) is 16.6. The van der Waals surface area contributed by atoms with E-state index in [4.69, 9.17) is 16.3 Å². The van der Waals surface area contributed by atoms with Gasteiger partial charge >= 0.3 is 0 Å². The predicted molar refractivity (Wildman–Crippen MR) is 120 cm³/mol. The van der Waals surface area contributed by atoms with Gasteiger partial charge in [-0.15, -0.1) is 0 Å². The first-order valence-electron chi connectivity index (χ1n) is 10.1. The van der Waals surface area contributed by atoms with Crippen molar-refractivity contribution in [2.24, 2.45) is 0 Å². The van der Waals surface area contributed by atoms with E-state index in [1.165, 1.54) is 22.3 Å². The molecule has 0 aliphatic carbocycles. The van der Waals surface area contributed by atoms with E-state index in [2.05, 4.69) is 70.1 Å². The van der Waals surface area contributed by atoms with Crippen LogP contribution in [0.1, 0.15) is 36.1 Å². The molecule has 3 heterocycles. The smallest absolute Gasteiger partial charge is 0.229 e. The highest BCUT2D eigenvalue weighted by Crippen LogP contribution is 2.38. The van der Waals surface area contributed by atoms with Gasteiger partial charge in [0.15, 0.2) is 5.82 Å². The van der Waals surface area contributed by atoms with E-state index in [1.807, 2.05) is 6.07 Å². The number of halogens is 1. The SMILES string of the molecule is CC1(C)OCc2ccc(Nc3nc(Nc4ccc5c(c4)CCNC5)ncc3Cl)cc21. The molecule has 0 saturated carbocycles. The summed E-state index contributed by atoms with van der Waals surface area (Å²) in [6.45, 7) is 6.73. The Bertz CT molecular complexity index is 1110. The number of hydrogen-bond acceptors (Lipinski definition) is 6. The summed E-state index contributed by atoms with van der Waals surface area (Å²) in [6, 6.07) is 12.6. The number of hydrogen-bond donors (Lipinski definition) is 3. The molecule has 1 aromatic heterocycles. The Labute approximate surface area is 181 Å². The van der Waals surface area contributed by atoms with Crippen LogP contribution in [0.25, 0.3) is 0 Å². The van der Waals surface area contributed by atoms with E-state index in [0.29, 0.717) is 23.4 Å². The van der Waals surface area contributed by atoms with Gasteiger partial charge in [-0.05, 0) is 73.3 Å². The Morgan fingerprint density at radius 3 is 2.70 bits per heavy atom. The Hall–Kier alpha value is -2.67. The maximum atomic E-state index is 6.37. The Kier molecular flexibility index (Phi) is 4.85. The number of benzene rings is 2. The van der Waals surface area contributed by atoms with Gasteiger partial charge in [0.05, 0.1) is 18.4 Å². The molecule has 0 bridgehead atoms. The molecule has 154 valence electrons. The highest BCUT2D eigenvalue weighted by molar-refractivity contribution is 6.32. The van der Waals surface area contributed by atoms with Gasteiger partial charge in [0.1, 0.15) is 5.02 Å². The fraction of sp³-hybridized carbons (Fsp3) is 0.304. The molecule has 2 aliphatic rings. The Balaban J connectivity index is 1.38. The van der Waals surface area contributed by atoms with Gasteiger partial charge in [-0.1, -0.05) is 23.7 Å². The largest absolute Gasteiger partial charge is 0.366 e. The van der Waals surface area contributed by atoms with Crippen molar-refractivity contribution in [3.05, 3.63) is 69.9 Å². The molecule has 0 atom stereocenters. The summed E-state index contributed by atoms with van der Waals surface area (Å²) in [5.74, 6) is 1.06. The molecule has 0 spiro atoms. The van der Waals surface area contributed by atoms with Gasteiger partial charge in [-0.3, -0.25) is 0 Å². The van der Waals surface area contributed by atoms with E-state index in [-0.39, 0.29) is 5.60 Å². The van der Waals surface area contributed by atoms with Crippen molar-refractivity contribution in [3.8, 4) is 0 Å². The fourth-order valence-corrected chi connectivity index (χ4v) is 4.15. The van der Waals surface area contributed by atoms with Crippen LogP contribution in [0.3, 0.4) is 0 Å². The van der Waals surface area contributed by atoms with Crippen LogP contribution in [-0.2, 0) is 29.9 Å². The minimum absolute atomic E-state index is 0.294. The maximum absolute atomic E-state index is 6.37. The Morgan fingerprint density at radius 2 is 1.83 bits per heavy atom. The zero-order valence-corrected chi connectivity index (χ0v) is 17.8. The predicted octanol–water partition coefficient (Wildman–Crippen LogP) is 5.03. The number of anilines is 4. The highest BCUT2D eigenvalue weighted by atomic mass is 35.5. The third-order valence-corrected chi connectivity index (χ3v) is 5.98. The molecule has 0 unspecified atom stereocenters. The van der Waals surface area contributed by atoms with Crippen LogP contribution in [0.4, 0.5) is 23.1 Å². The van der Waals surface area contributed by atoms with E-state index in [0.717, 1.165) is 30.9 Å². The van der Waals surface area contributed by atoms with Gasteiger partial charge in [-0.25, -0.2) is 4.98 Å². The summed E-state index contributed by atoms with van der Waals surface area (Å²) in [4.78, 5) is 8.94. The van der Waals surface area contributed by atoms with Crippen molar-refractivity contribution in [3.63, 3.8) is 0 Å². The van der Waals surface area contributed by atoms with Crippen molar-refractivity contribution in [2.75, 3.05) is 17.2 Å². The molecule has 0 saturated heterocycles.